The van der Waals surface area contributed by atoms with Gasteiger partial charge in [0.15, 0.2) is 0 Å². The van der Waals surface area contributed by atoms with E-state index in [0.717, 1.165) is 6.61 Å². The summed E-state index contributed by atoms with van der Waals surface area (Å²) < 4.78 is 5.68. The Morgan fingerprint density at radius 1 is 1.00 bits per heavy atom. The Balaban J connectivity index is 2.03. The average Bonchev–Trinajstić information content (AvgIpc) is 2.42. The lowest BCUT2D eigenvalue weighted by molar-refractivity contribution is 0.116. The van der Waals surface area contributed by atoms with Crippen LogP contribution >= 0.6 is 0 Å². The second-order valence-corrected chi connectivity index (χ2v) is 4.84. The summed E-state index contributed by atoms with van der Waals surface area (Å²) in [6.07, 6.45) is 7.87. The van der Waals surface area contributed by atoms with E-state index in [1.165, 1.54) is 49.7 Å². The van der Waals surface area contributed by atoms with Crippen molar-refractivity contribution in [3.8, 4) is 0 Å². The predicted molar refractivity (Wildman–Crippen MR) is 77.4 cm³/mol. The van der Waals surface area contributed by atoms with Crippen molar-refractivity contribution in [2.24, 2.45) is 5.73 Å². The Kier molecular flexibility index (Phi) is 8.53. The predicted octanol–water partition coefficient (Wildman–Crippen LogP) is 4.02. The first-order valence-electron chi connectivity index (χ1n) is 7.22. The largest absolute Gasteiger partial charge is 0.377 e. The Hall–Kier alpha value is -0.860. The van der Waals surface area contributed by atoms with Gasteiger partial charge in [0.2, 0.25) is 0 Å². The van der Waals surface area contributed by atoms with Crippen molar-refractivity contribution in [3.05, 3.63) is 35.4 Å². The van der Waals surface area contributed by atoms with E-state index in [9.17, 15) is 0 Å². The van der Waals surface area contributed by atoms with Crippen LogP contribution in [-0.2, 0) is 17.9 Å². The maximum Gasteiger partial charge on any atom is 0.0716 e. The lowest BCUT2D eigenvalue weighted by Crippen LogP contribution is -1.99. The van der Waals surface area contributed by atoms with Crippen molar-refractivity contribution in [2.45, 2.75) is 58.6 Å². The molecule has 2 N–H and O–H groups in total. The normalized spacial score (nSPS) is 10.8. The molecule has 1 rings (SSSR count). The van der Waals surface area contributed by atoms with Gasteiger partial charge in [-0.25, -0.2) is 0 Å². The molecule has 102 valence electrons. The molecule has 1 aromatic carbocycles. The molecular weight excluding hydrogens is 222 g/mol. The minimum atomic E-state index is 0.602. The molecule has 0 atom stereocenters. The highest BCUT2D eigenvalue weighted by molar-refractivity contribution is 5.22. The summed E-state index contributed by atoms with van der Waals surface area (Å²) in [6.45, 7) is 4.44. The van der Waals surface area contributed by atoms with Crippen molar-refractivity contribution in [1.82, 2.24) is 0 Å². The molecule has 0 radical (unpaired) electrons. The summed E-state index contributed by atoms with van der Waals surface area (Å²) in [5, 5.41) is 0. The van der Waals surface area contributed by atoms with Crippen molar-refractivity contribution < 1.29 is 4.74 Å². The standard InChI is InChI=1S/C16H27NO/c1-2-3-4-5-6-7-11-18-14-16-10-8-9-15(12-16)13-17/h8-10,12H,2-7,11,13-14,17H2,1H3. The van der Waals surface area contributed by atoms with E-state index >= 15 is 0 Å². The lowest BCUT2D eigenvalue weighted by atomic mass is 10.1. The molecule has 18 heavy (non-hydrogen) atoms. The van der Waals surface area contributed by atoms with Crippen molar-refractivity contribution >= 4 is 0 Å². The van der Waals surface area contributed by atoms with Gasteiger partial charge < -0.3 is 10.5 Å². The second-order valence-electron chi connectivity index (χ2n) is 4.84. The van der Waals surface area contributed by atoms with Gasteiger partial charge in [-0.1, -0.05) is 63.3 Å². The van der Waals surface area contributed by atoms with Crippen molar-refractivity contribution in [2.75, 3.05) is 6.61 Å². The lowest BCUT2D eigenvalue weighted by Gasteiger charge is -2.06. The fourth-order valence-electron chi connectivity index (χ4n) is 2.02. The first kappa shape index (κ1) is 15.2. The van der Waals surface area contributed by atoms with Gasteiger partial charge in [-0.2, -0.15) is 0 Å². The summed E-state index contributed by atoms with van der Waals surface area (Å²) >= 11 is 0. The van der Waals surface area contributed by atoms with E-state index in [1.54, 1.807) is 0 Å². The van der Waals surface area contributed by atoms with Crippen LogP contribution in [0, 0.1) is 0 Å². The fraction of sp³-hybridized carbons (Fsp3) is 0.625. The van der Waals surface area contributed by atoms with Crippen LogP contribution < -0.4 is 5.73 Å². The van der Waals surface area contributed by atoms with Gasteiger partial charge in [-0.15, -0.1) is 0 Å². The molecule has 1 aromatic rings. The zero-order chi connectivity index (χ0) is 13.1. The van der Waals surface area contributed by atoms with Crippen molar-refractivity contribution in [3.63, 3.8) is 0 Å². The topological polar surface area (TPSA) is 35.2 Å². The van der Waals surface area contributed by atoms with E-state index in [-0.39, 0.29) is 0 Å². The summed E-state index contributed by atoms with van der Waals surface area (Å²) in [5.41, 5.74) is 8.01. The van der Waals surface area contributed by atoms with Crippen LogP contribution in [0.3, 0.4) is 0 Å². The fourth-order valence-corrected chi connectivity index (χ4v) is 2.02. The molecule has 0 amide bonds. The van der Waals surface area contributed by atoms with E-state index in [1.807, 2.05) is 6.07 Å². The molecule has 0 heterocycles. The molecule has 0 saturated heterocycles. The van der Waals surface area contributed by atoms with Crippen LogP contribution in [0.2, 0.25) is 0 Å². The van der Waals surface area contributed by atoms with E-state index in [4.69, 9.17) is 10.5 Å². The zero-order valence-electron chi connectivity index (χ0n) is 11.7. The summed E-state index contributed by atoms with van der Waals surface area (Å²) in [4.78, 5) is 0. The highest BCUT2D eigenvalue weighted by Gasteiger charge is 1.96. The third-order valence-corrected chi connectivity index (χ3v) is 3.14. The minimum absolute atomic E-state index is 0.602. The van der Waals surface area contributed by atoms with E-state index < -0.39 is 0 Å². The maximum absolute atomic E-state index is 5.68. The number of rotatable bonds is 10. The van der Waals surface area contributed by atoms with Gasteiger partial charge in [0, 0.05) is 13.2 Å². The second kappa shape index (κ2) is 10.1. The third-order valence-electron chi connectivity index (χ3n) is 3.14. The molecule has 0 aliphatic rings. The van der Waals surface area contributed by atoms with E-state index in [2.05, 4.69) is 25.1 Å². The van der Waals surface area contributed by atoms with Crippen LogP contribution in [0.25, 0.3) is 0 Å². The molecule has 2 nitrogen and oxygen atoms in total. The number of nitrogens with two attached hydrogens (primary N) is 1. The number of unbranched alkanes of at least 4 members (excludes halogenated alkanes) is 5. The molecule has 0 spiro atoms. The quantitative estimate of drug-likeness (QED) is 0.636. The molecule has 2 heteroatoms. The Morgan fingerprint density at radius 2 is 1.72 bits per heavy atom. The van der Waals surface area contributed by atoms with Crippen LogP contribution in [0.5, 0.6) is 0 Å². The number of benzene rings is 1. The molecule has 0 aliphatic heterocycles. The molecular formula is C16H27NO. The SMILES string of the molecule is CCCCCCCCOCc1cccc(CN)c1. The number of ether oxygens (including phenoxy) is 1. The van der Waals surface area contributed by atoms with Gasteiger partial charge in [0.1, 0.15) is 0 Å². The van der Waals surface area contributed by atoms with Gasteiger partial charge in [-0.05, 0) is 17.5 Å². The molecule has 0 saturated carbocycles. The first-order chi connectivity index (χ1) is 8.86. The Labute approximate surface area is 112 Å². The first-order valence-corrected chi connectivity index (χ1v) is 7.22. The highest BCUT2D eigenvalue weighted by Crippen LogP contribution is 2.08. The Morgan fingerprint density at radius 3 is 2.50 bits per heavy atom. The molecule has 0 aliphatic carbocycles. The van der Waals surface area contributed by atoms with Crippen LogP contribution in [0.15, 0.2) is 24.3 Å². The van der Waals surface area contributed by atoms with E-state index in [0.29, 0.717) is 13.2 Å². The van der Waals surface area contributed by atoms with Gasteiger partial charge in [0.25, 0.3) is 0 Å². The van der Waals surface area contributed by atoms with Gasteiger partial charge >= 0.3 is 0 Å². The van der Waals surface area contributed by atoms with Gasteiger partial charge in [-0.3, -0.25) is 0 Å². The summed E-state index contributed by atoms with van der Waals surface area (Å²) in [6, 6.07) is 8.32. The Bertz CT molecular complexity index is 312. The smallest absolute Gasteiger partial charge is 0.0716 e. The third kappa shape index (κ3) is 6.77. The van der Waals surface area contributed by atoms with Crippen molar-refractivity contribution in [1.29, 1.82) is 0 Å². The van der Waals surface area contributed by atoms with Gasteiger partial charge in [0.05, 0.1) is 6.61 Å². The average molecular weight is 249 g/mol. The van der Waals surface area contributed by atoms with Crippen LogP contribution in [0.4, 0.5) is 0 Å². The molecule has 0 fully saturated rings. The minimum Gasteiger partial charge on any atom is -0.377 e. The summed E-state index contributed by atoms with van der Waals surface area (Å²) in [7, 11) is 0. The molecule has 0 bridgehead atoms. The van der Waals surface area contributed by atoms with Crippen LogP contribution in [0.1, 0.15) is 56.6 Å². The number of hydrogen-bond acceptors (Lipinski definition) is 2. The monoisotopic (exact) mass is 249 g/mol. The number of hydrogen-bond donors (Lipinski definition) is 1. The van der Waals surface area contributed by atoms with Crippen LogP contribution in [-0.4, -0.2) is 6.61 Å². The highest BCUT2D eigenvalue weighted by atomic mass is 16.5. The molecule has 0 unspecified atom stereocenters. The zero-order valence-corrected chi connectivity index (χ0v) is 11.7. The molecule has 0 aromatic heterocycles. The summed E-state index contributed by atoms with van der Waals surface area (Å²) in [5.74, 6) is 0. The maximum atomic E-state index is 5.68.